The third-order valence-corrected chi connectivity index (χ3v) is 3.92. The minimum atomic E-state index is -0.557. The Kier molecular flexibility index (Phi) is 6.59. The number of carbonyl (C=O) groups excluding carboxylic acids is 3. The molecule has 0 saturated heterocycles. The Balaban J connectivity index is 1.68. The number of amides is 1. The van der Waals surface area contributed by atoms with E-state index in [9.17, 15) is 14.4 Å². The standard InChI is InChI=1S/C22H20N2O6/c1-3-28-20(26)13-29-18-10-4-15(5-11-18)12-19-22(27)30-21(24-19)16-6-8-17(9-7-16)23-14(2)25/h4-12H,3,13H2,1-2H3,(H,23,25)/b19-12-. The number of cyclic esters (lactones) is 1. The fourth-order valence-electron chi connectivity index (χ4n) is 2.60. The number of hydrogen-bond acceptors (Lipinski definition) is 7. The summed E-state index contributed by atoms with van der Waals surface area (Å²) < 4.78 is 15.4. The molecule has 0 saturated carbocycles. The van der Waals surface area contributed by atoms with Gasteiger partial charge in [0, 0.05) is 18.2 Å². The van der Waals surface area contributed by atoms with Gasteiger partial charge in [-0.05, 0) is 55.0 Å². The first-order valence-corrected chi connectivity index (χ1v) is 9.23. The molecule has 1 N–H and O–H groups in total. The summed E-state index contributed by atoms with van der Waals surface area (Å²) in [5, 5.41) is 2.66. The monoisotopic (exact) mass is 408 g/mol. The molecule has 0 atom stereocenters. The van der Waals surface area contributed by atoms with E-state index in [0.29, 0.717) is 23.6 Å². The SMILES string of the molecule is CCOC(=O)COc1ccc(/C=C2\N=C(c3ccc(NC(C)=O)cc3)OC2=O)cc1. The van der Waals surface area contributed by atoms with Gasteiger partial charge in [-0.1, -0.05) is 12.1 Å². The number of carbonyl (C=O) groups is 3. The van der Waals surface area contributed by atoms with Crippen molar-refractivity contribution >= 4 is 35.5 Å². The van der Waals surface area contributed by atoms with Crippen LogP contribution >= 0.6 is 0 Å². The smallest absolute Gasteiger partial charge is 0.363 e. The second-order valence-electron chi connectivity index (χ2n) is 6.26. The lowest BCUT2D eigenvalue weighted by Gasteiger charge is -2.05. The highest BCUT2D eigenvalue weighted by Crippen LogP contribution is 2.21. The van der Waals surface area contributed by atoms with Crippen LogP contribution in [0.2, 0.25) is 0 Å². The van der Waals surface area contributed by atoms with Crippen molar-refractivity contribution in [1.29, 1.82) is 0 Å². The summed E-state index contributed by atoms with van der Waals surface area (Å²) in [6.45, 7) is 3.28. The van der Waals surface area contributed by atoms with Crippen molar-refractivity contribution in [2.45, 2.75) is 13.8 Å². The van der Waals surface area contributed by atoms with E-state index in [1.54, 1.807) is 61.5 Å². The largest absolute Gasteiger partial charge is 0.482 e. The Morgan fingerprint density at radius 3 is 2.43 bits per heavy atom. The molecule has 0 radical (unpaired) electrons. The van der Waals surface area contributed by atoms with Crippen LogP contribution in [-0.2, 0) is 23.9 Å². The van der Waals surface area contributed by atoms with E-state index in [-0.39, 0.29) is 24.1 Å². The zero-order valence-electron chi connectivity index (χ0n) is 16.5. The third kappa shape index (κ3) is 5.54. The van der Waals surface area contributed by atoms with Gasteiger partial charge in [-0.3, -0.25) is 4.79 Å². The van der Waals surface area contributed by atoms with Crippen LogP contribution in [0.3, 0.4) is 0 Å². The van der Waals surface area contributed by atoms with Gasteiger partial charge in [0.15, 0.2) is 12.3 Å². The Morgan fingerprint density at radius 1 is 1.10 bits per heavy atom. The summed E-state index contributed by atoms with van der Waals surface area (Å²) in [4.78, 5) is 38.8. The van der Waals surface area contributed by atoms with Gasteiger partial charge in [-0.25, -0.2) is 14.6 Å². The highest BCUT2D eigenvalue weighted by atomic mass is 16.6. The van der Waals surface area contributed by atoms with Crippen molar-refractivity contribution in [3.8, 4) is 5.75 Å². The van der Waals surface area contributed by atoms with Crippen molar-refractivity contribution in [1.82, 2.24) is 0 Å². The quantitative estimate of drug-likeness (QED) is 0.558. The molecule has 8 heteroatoms. The van der Waals surface area contributed by atoms with Crippen LogP contribution in [0.5, 0.6) is 5.75 Å². The highest BCUT2D eigenvalue weighted by molar-refractivity contribution is 6.13. The van der Waals surface area contributed by atoms with E-state index in [4.69, 9.17) is 14.2 Å². The first kappa shape index (κ1) is 20.8. The van der Waals surface area contributed by atoms with E-state index in [2.05, 4.69) is 10.3 Å². The first-order chi connectivity index (χ1) is 14.4. The van der Waals surface area contributed by atoms with E-state index in [1.807, 2.05) is 0 Å². The summed E-state index contributed by atoms with van der Waals surface area (Å²) in [5.41, 5.74) is 2.13. The van der Waals surface area contributed by atoms with Gasteiger partial charge in [0.25, 0.3) is 0 Å². The van der Waals surface area contributed by atoms with Crippen molar-refractivity contribution < 1.29 is 28.6 Å². The van der Waals surface area contributed by atoms with E-state index in [1.165, 1.54) is 6.92 Å². The van der Waals surface area contributed by atoms with Crippen molar-refractivity contribution in [3.05, 3.63) is 65.4 Å². The predicted molar refractivity (Wildman–Crippen MR) is 110 cm³/mol. The molecule has 0 bridgehead atoms. The maximum atomic E-state index is 12.1. The van der Waals surface area contributed by atoms with E-state index >= 15 is 0 Å². The molecular weight excluding hydrogens is 388 g/mol. The molecule has 1 amide bonds. The number of anilines is 1. The van der Waals surface area contributed by atoms with Gasteiger partial charge in [-0.2, -0.15) is 0 Å². The highest BCUT2D eigenvalue weighted by Gasteiger charge is 2.24. The van der Waals surface area contributed by atoms with Crippen molar-refractivity contribution in [2.75, 3.05) is 18.5 Å². The molecule has 154 valence electrons. The Hall–Kier alpha value is -3.94. The van der Waals surface area contributed by atoms with Crippen LogP contribution < -0.4 is 10.1 Å². The topological polar surface area (TPSA) is 103 Å². The van der Waals surface area contributed by atoms with Crippen LogP contribution in [0.15, 0.2) is 59.2 Å². The van der Waals surface area contributed by atoms with E-state index in [0.717, 1.165) is 5.56 Å². The van der Waals surface area contributed by atoms with Crippen molar-refractivity contribution in [2.24, 2.45) is 4.99 Å². The number of esters is 2. The number of hydrogen-bond donors (Lipinski definition) is 1. The summed E-state index contributed by atoms with van der Waals surface area (Å²) in [6, 6.07) is 13.6. The van der Waals surface area contributed by atoms with Gasteiger partial charge in [0.1, 0.15) is 5.75 Å². The molecule has 1 aliphatic rings. The molecule has 0 spiro atoms. The summed E-state index contributed by atoms with van der Waals surface area (Å²) in [7, 11) is 0. The van der Waals surface area contributed by atoms with Crippen LogP contribution in [0.4, 0.5) is 5.69 Å². The molecule has 8 nitrogen and oxygen atoms in total. The lowest BCUT2D eigenvalue weighted by Crippen LogP contribution is -2.14. The Labute approximate surface area is 173 Å². The van der Waals surface area contributed by atoms with E-state index < -0.39 is 11.9 Å². The van der Waals surface area contributed by atoms with Gasteiger partial charge in [-0.15, -0.1) is 0 Å². The fourth-order valence-corrected chi connectivity index (χ4v) is 2.60. The maximum Gasteiger partial charge on any atom is 0.363 e. The second kappa shape index (κ2) is 9.51. The molecule has 0 aliphatic carbocycles. The maximum absolute atomic E-state index is 12.1. The third-order valence-electron chi connectivity index (χ3n) is 3.92. The molecule has 1 aliphatic heterocycles. The van der Waals surface area contributed by atoms with Crippen molar-refractivity contribution in [3.63, 3.8) is 0 Å². The molecular formula is C22H20N2O6. The molecule has 0 fully saturated rings. The molecule has 30 heavy (non-hydrogen) atoms. The molecule has 0 aromatic heterocycles. The number of aliphatic imine (C=N–C) groups is 1. The molecule has 2 aromatic rings. The number of ether oxygens (including phenoxy) is 3. The zero-order valence-corrected chi connectivity index (χ0v) is 16.5. The molecule has 0 unspecified atom stereocenters. The number of rotatable bonds is 7. The second-order valence-corrected chi connectivity index (χ2v) is 6.26. The van der Waals surface area contributed by atoms with Gasteiger partial charge < -0.3 is 19.5 Å². The summed E-state index contributed by atoms with van der Waals surface area (Å²) in [5.74, 6) is -0.476. The molecule has 3 rings (SSSR count). The van der Waals surface area contributed by atoms with Crippen LogP contribution in [-0.4, -0.2) is 37.0 Å². The summed E-state index contributed by atoms with van der Waals surface area (Å²) >= 11 is 0. The lowest BCUT2D eigenvalue weighted by molar-refractivity contribution is -0.145. The minimum Gasteiger partial charge on any atom is -0.482 e. The van der Waals surface area contributed by atoms with Gasteiger partial charge in [0.05, 0.1) is 6.61 Å². The van der Waals surface area contributed by atoms with Gasteiger partial charge >= 0.3 is 11.9 Å². The van der Waals surface area contributed by atoms with Crippen LogP contribution in [0, 0.1) is 0 Å². The molecule has 1 heterocycles. The summed E-state index contributed by atoms with van der Waals surface area (Å²) in [6.07, 6.45) is 1.59. The molecule has 2 aromatic carbocycles. The first-order valence-electron chi connectivity index (χ1n) is 9.23. The minimum absolute atomic E-state index is 0.163. The predicted octanol–water partition coefficient (Wildman–Crippen LogP) is 2.93. The zero-order chi connectivity index (χ0) is 21.5. The lowest BCUT2D eigenvalue weighted by atomic mass is 10.2. The Morgan fingerprint density at radius 2 is 1.80 bits per heavy atom. The van der Waals surface area contributed by atoms with Gasteiger partial charge in [0.2, 0.25) is 11.8 Å². The average molecular weight is 408 g/mol. The number of nitrogens with one attached hydrogen (secondary N) is 1. The number of benzene rings is 2. The Bertz CT molecular complexity index is 1010. The normalized spacial score (nSPS) is 14.1. The average Bonchev–Trinajstić information content (AvgIpc) is 3.08. The number of nitrogens with zero attached hydrogens (tertiary/aromatic N) is 1. The van der Waals surface area contributed by atoms with Crippen LogP contribution in [0.25, 0.3) is 6.08 Å². The fraction of sp³-hybridized carbons (Fsp3) is 0.182. The van der Waals surface area contributed by atoms with Crippen LogP contribution in [0.1, 0.15) is 25.0 Å².